The average molecular weight is 310 g/mol. The van der Waals surface area contributed by atoms with Gasteiger partial charge in [0.2, 0.25) is 0 Å². The number of ether oxygens (including phenoxy) is 1. The number of nitrogens with one attached hydrogen (secondary N) is 1. The number of carbonyl (C=O) groups is 3. The van der Waals surface area contributed by atoms with Crippen LogP contribution < -0.4 is 10.1 Å². The zero-order chi connectivity index (χ0) is 16.6. The molecule has 0 unspecified atom stereocenters. The highest BCUT2D eigenvalue weighted by molar-refractivity contribution is 6.21. The van der Waals surface area contributed by atoms with Crippen LogP contribution in [-0.4, -0.2) is 36.8 Å². The van der Waals surface area contributed by atoms with Crippen LogP contribution in [0.4, 0.5) is 5.69 Å². The Morgan fingerprint density at radius 1 is 1.04 bits per heavy atom. The van der Waals surface area contributed by atoms with Gasteiger partial charge in [0.15, 0.2) is 0 Å². The number of rotatable bonds is 3. The summed E-state index contributed by atoms with van der Waals surface area (Å²) in [6, 6.07) is 11.4. The molecule has 3 rings (SSSR count). The molecule has 1 N–H and O–H groups in total. The standard InChI is InChI=1S/C17H14N2O4/c1-19-16(21)13-7-6-11(9-14(13)17(19)22)18-15(20)10-4-3-5-12(8-10)23-2/h3-9H,1-2H3,(H,18,20). The molecule has 0 saturated carbocycles. The Hall–Kier alpha value is -3.15. The zero-order valence-electron chi connectivity index (χ0n) is 12.6. The molecule has 116 valence electrons. The number of imide groups is 1. The van der Waals surface area contributed by atoms with Gasteiger partial charge in [0.1, 0.15) is 5.75 Å². The highest BCUT2D eigenvalue weighted by atomic mass is 16.5. The summed E-state index contributed by atoms with van der Waals surface area (Å²) in [6.07, 6.45) is 0. The minimum Gasteiger partial charge on any atom is -0.497 e. The smallest absolute Gasteiger partial charge is 0.261 e. The third-order valence-electron chi connectivity index (χ3n) is 3.68. The van der Waals surface area contributed by atoms with E-state index >= 15 is 0 Å². The number of carbonyl (C=O) groups excluding carboxylic acids is 3. The quantitative estimate of drug-likeness (QED) is 0.882. The van der Waals surface area contributed by atoms with Crippen LogP contribution in [0.5, 0.6) is 5.75 Å². The van der Waals surface area contributed by atoms with Crippen molar-refractivity contribution in [2.75, 3.05) is 19.5 Å². The molecule has 0 bridgehead atoms. The third kappa shape index (κ3) is 2.55. The lowest BCUT2D eigenvalue weighted by molar-refractivity contribution is 0.0692. The largest absolute Gasteiger partial charge is 0.497 e. The Balaban J connectivity index is 1.86. The van der Waals surface area contributed by atoms with Crippen molar-refractivity contribution in [3.8, 4) is 5.75 Å². The van der Waals surface area contributed by atoms with Crippen molar-refractivity contribution in [2.45, 2.75) is 0 Å². The summed E-state index contributed by atoms with van der Waals surface area (Å²) in [5, 5.41) is 2.71. The highest BCUT2D eigenvalue weighted by Crippen LogP contribution is 2.25. The minimum atomic E-state index is -0.373. The van der Waals surface area contributed by atoms with Crippen molar-refractivity contribution >= 4 is 23.4 Å². The van der Waals surface area contributed by atoms with Gasteiger partial charge in [-0.2, -0.15) is 0 Å². The summed E-state index contributed by atoms with van der Waals surface area (Å²) in [4.78, 5) is 37.1. The van der Waals surface area contributed by atoms with Gasteiger partial charge in [0, 0.05) is 18.3 Å². The molecule has 2 aromatic rings. The van der Waals surface area contributed by atoms with Crippen LogP contribution >= 0.6 is 0 Å². The molecular weight excluding hydrogens is 296 g/mol. The van der Waals surface area contributed by atoms with Crippen molar-refractivity contribution in [3.05, 3.63) is 59.2 Å². The molecule has 0 aliphatic carbocycles. The Labute approximate surface area is 132 Å². The number of anilines is 1. The molecule has 3 amide bonds. The lowest BCUT2D eigenvalue weighted by atomic mass is 10.1. The van der Waals surface area contributed by atoms with E-state index in [1.807, 2.05) is 0 Å². The summed E-state index contributed by atoms with van der Waals surface area (Å²) >= 11 is 0. The first-order valence-corrected chi connectivity index (χ1v) is 6.93. The summed E-state index contributed by atoms with van der Waals surface area (Å²) in [5.41, 5.74) is 1.52. The van der Waals surface area contributed by atoms with Gasteiger partial charge in [0.05, 0.1) is 18.2 Å². The van der Waals surface area contributed by atoms with E-state index in [4.69, 9.17) is 4.74 Å². The van der Waals surface area contributed by atoms with Crippen LogP contribution in [0.15, 0.2) is 42.5 Å². The molecule has 23 heavy (non-hydrogen) atoms. The van der Waals surface area contributed by atoms with E-state index in [1.165, 1.54) is 20.2 Å². The van der Waals surface area contributed by atoms with Crippen molar-refractivity contribution in [3.63, 3.8) is 0 Å². The molecule has 1 aliphatic rings. The van der Waals surface area contributed by atoms with Crippen LogP contribution in [0.3, 0.4) is 0 Å². The molecule has 0 radical (unpaired) electrons. The molecule has 2 aromatic carbocycles. The summed E-state index contributed by atoms with van der Waals surface area (Å²) in [6.45, 7) is 0. The van der Waals surface area contributed by atoms with Crippen molar-refractivity contribution in [1.82, 2.24) is 4.90 Å². The average Bonchev–Trinajstić information content (AvgIpc) is 2.79. The minimum absolute atomic E-state index is 0.293. The Morgan fingerprint density at radius 3 is 2.52 bits per heavy atom. The van der Waals surface area contributed by atoms with Gasteiger partial charge in [-0.3, -0.25) is 19.3 Å². The van der Waals surface area contributed by atoms with Crippen LogP contribution in [0.1, 0.15) is 31.1 Å². The number of methoxy groups -OCH3 is 1. The number of hydrogen-bond donors (Lipinski definition) is 1. The van der Waals surface area contributed by atoms with E-state index < -0.39 is 0 Å². The Bertz CT molecular complexity index is 829. The second-order valence-corrected chi connectivity index (χ2v) is 5.12. The highest BCUT2D eigenvalue weighted by Gasteiger charge is 2.32. The van der Waals surface area contributed by atoms with E-state index in [0.29, 0.717) is 28.1 Å². The predicted molar refractivity (Wildman–Crippen MR) is 83.8 cm³/mol. The van der Waals surface area contributed by atoms with Crippen LogP contribution in [0.25, 0.3) is 0 Å². The number of hydrogen-bond acceptors (Lipinski definition) is 4. The molecule has 1 aliphatic heterocycles. The van der Waals surface area contributed by atoms with E-state index in [0.717, 1.165) is 4.90 Å². The number of nitrogens with zero attached hydrogens (tertiary/aromatic N) is 1. The zero-order valence-corrected chi connectivity index (χ0v) is 12.6. The van der Waals surface area contributed by atoms with E-state index in [-0.39, 0.29) is 17.7 Å². The van der Waals surface area contributed by atoms with Gasteiger partial charge in [-0.1, -0.05) is 6.07 Å². The molecule has 0 fully saturated rings. The molecular formula is C17H14N2O4. The first-order valence-electron chi connectivity index (χ1n) is 6.93. The Kier molecular flexibility index (Phi) is 3.57. The molecule has 0 spiro atoms. The van der Waals surface area contributed by atoms with Gasteiger partial charge in [-0.15, -0.1) is 0 Å². The first kappa shape index (κ1) is 14.8. The molecule has 6 heteroatoms. The van der Waals surface area contributed by atoms with Crippen molar-refractivity contribution < 1.29 is 19.1 Å². The molecule has 1 heterocycles. The van der Waals surface area contributed by atoms with E-state index in [1.54, 1.807) is 36.4 Å². The fraction of sp³-hybridized carbons (Fsp3) is 0.118. The van der Waals surface area contributed by atoms with Gasteiger partial charge in [-0.25, -0.2) is 0 Å². The normalized spacial score (nSPS) is 13.0. The molecule has 0 saturated heterocycles. The number of amides is 3. The maximum absolute atomic E-state index is 12.3. The lowest BCUT2D eigenvalue weighted by Crippen LogP contribution is -2.24. The van der Waals surface area contributed by atoms with Crippen molar-refractivity contribution in [2.24, 2.45) is 0 Å². The summed E-state index contributed by atoms with van der Waals surface area (Å²) in [7, 11) is 2.95. The monoisotopic (exact) mass is 310 g/mol. The topological polar surface area (TPSA) is 75.7 Å². The molecule has 0 aromatic heterocycles. The summed E-state index contributed by atoms with van der Waals surface area (Å²) in [5.74, 6) is -0.457. The fourth-order valence-corrected chi connectivity index (χ4v) is 2.41. The number of benzene rings is 2. The molecule has 0 atom stereocenters. The second-order valence-electron chi connectivity index (χ2n) is 5.12. The van der Waals surface area contributed by atoms with E-state index in [9.17, 15) is 14.4 Å². The van der Waals surface area contributed by atoms with Gasteiger partial charge >= 0.3 is 0 Å². The predicted octanol–water partition coefficient (Wildman–Crippen LogP) is 2.17. The van der Waals surface area contributed by atoms with Crippen LogP contribution in [-0.2, 0) is 0 Å². The maximum atomic E-state index is 12.3. The van der Waals surface area contributed by atoms with Crippen molar-refractivity contribution in [1.29, 1.82) is 0 Å². The van der Waals surface area contributed by atoms with Gasteiger partial charge < -0.3 is 10.1 Å². The van der Waals surface area contributed by atoms with Gasteiger partial charge in [-0.05, 0) is 36.4 Å². The maximum Gasteiger partial charge on any atom is 0.261 e. The van der Waals surface area contributed by atoms with Crippen LogP contribution in [0, 0.1) is 0 Å². The second kappa shape index (κ2) is 5.57. The lowest BCUT2D eigenvalue weighted by Gasteiger charge is -2.07. The van der Waals surface area contributed by atoms with Gasteiger partial charge in [0.25, 0.3) is 17.7 Å². The Morgan fingerprint density at radius 2 is 1.78 bits per heavy atom. The SMILES string of the molecule is COc1cccc(C(=O)Nc2ccc3c(c2)C(=O)N(C)C3=O)c1. The van der Waals surface area contributed by atoms with E-state index in [2.05, 4.69) is 5.32 Å². The fourth-order valence-electron chi connectivity index (χ4n) is 2.41. The number of fused-ring (bicyclic) bond motifs is 1. The van der Waals surface area contributed by atoms with Crippen LogP contribution in [0.2, 0.25) is 0 Å². The summed E-state index contributed by atoms with van der Waals surface area (Å²) < 4.78 is 5.09. The first-order chi connectivity index (χ1) is 11.0. The third-order valence-corrected chi connectivity index (χ3v) is 3.68. The molecule has 6 nitrogen and oxygen atoms in total.